The SMILES string of the molecule is COC(=O)c1cccc(S(=O)(=O)N2CC[C@H](N)C2)c1. The summed E-state index contributed by atoms with van der Waals surface area (Å²) < 4.78 is 30.6. The Morgan fingerprint density at radius 1 is 1.47 bits per heavy atom. The van der Waals surface area contributed by atoms with E-state index in [1.807, 2.05) is 0 Å². The first-order valence-electron chi connectivity index (χ1n) is 5.89. The molecular formula is C12H16N2O4S. The molecule has 0 bridgehead atoms. The van der Waals surface area contributed by atoms with E-state index in [4.69, 9.17) is 5.73 Å². The fraction of sp³-hybridized carbons (Fsp3) is 0.417. The zero-order valence-corrected chi connectivity index (χ0v) is 11.4. The highest BCUT2D eigenvalue weighted by Crippen LogP contribution is 2.21. The molecule has 1 atom stereocenters. The standard InChI is InChI=1S/C12H16N2O4S/c1-18-12(15)9-3-2-4-11(7-9)19(16,17)14-6-5-10(13)8-14/h2-4,7,10H,5-6,8,13H2,1H3/t10-/m0/s1. The van der Waals surface area contributed by atoms with E-state index < -0.39 is 16.0 Å². The van der Waals surface area contributed by atoms with E-state index in [-0.39, 0.29) is 16.5 Å². The lowest BCUT2D eigenvalue weighted by atomic mass is 10.2. The molecule has 104 valence electrons. The number of hydrogen-bond donors (Lipinski definition) is 1. The van der Waals surface area contributed by atoms with Crippen molar-refractivity contribution in [1.29, 1.82) is 0 Å². The summed E-state index contributed by atoms with van der Waals surface area (Å²) in [6.07, 6.45) is 0.649. The van der Waals surface area contributed by atoms with Gasteiger partial charge < -0.3 is 10.5 Å². The molecule has 7 heteroatoms. The van der Waals surface area contributed by atoms with Crippen molar-refractivity contribution in [3.8, 4) is 0 Å². The summed E-state index contributed by atoms with van der Waals surface area (Å²) in [7, 11) is -2.34. The van der Waals surface area contributed by atoms with Crippen molar-refractivity contribution in [1.82, 2.24) is 4.31 Å². The predicted octanol–water partition coefficient (Wildman–Crippen LogP) is 0.195. The van der Waals surface area contributed by atoms with Gasteiger partial charge >= 0.3 is 5.97 Å². The summed E-state index contributed by atoms with van der Waals surface area (Å²) in [6.45, 7) is 0.719. The Morgan fingerprint density at radius 2 is 2.21 bits per heavy atom. The molecule has 0 radical (unpaired) electrons. The largest absolute Gasteiger partial charge is 0.465 e. The summed E-state index contributed by atoms with van der Waals surface area (Å²) in [5.74, 6) is -0.560. The Hall–Kier alpha value is -1.44. The molecule has 0 unspecified atom stereocenters. The topological polar surface area (TPSA) is 89.7 Å². The summed E-state index contributed by atoms with van der Waals surface area (Å²) in [4.78, 5) is 11.5. The molecule has 0 amide bonds. The minimum atomic E-state index is -3.59. The van der Waals surface area contributed by atoms with E-state index in [0.717, 1.165) is 0 Å². The molecule has 1 aliphatic heterocycles. The van der Waals surface area contributed by atoms with Crippen molar-refractivity contribution < 1.29 is 17.9 Å². The number of carbonyl (C=O) groups is 1. The number of methoxy groups -OCH3 is 1. The number of rotatable bonds is 3. The minimum absolute atomic E-state index is 0.0875. The molecule has 0 saturated carbocycles. The van der Waals surface area contributed by atoms with Crippen LogP contribution in [0.3, 0.4) is 0 Å². The zero-order valence-electron chi connectivity index (χ0n) is 10.6. The second-order valence-corrected chi connectivity index (χ2v) is 6.37. The van der Waals surface area contributed by atoms with Gasteiger partial charge in [-0.2, -0.15) is 4.31 Å². The average molecular weight is 284 g/mol. The number of nitrogens with zero attached hydrogens (tertiary/aromatic N) is 1. The van der Waals surface area contributed by atoms with Crippen LogP contribution < -0.4 is 5.73 Å². The Kier molecular flexibility index (Phi) is 3.88. The lowest BCUT2D eigenvalue weighted by Gasteiger charge is -2.16. The zero-order chi connectivity index (χ0) is 14.0. The predicted molar refractivity (Wildman–Crippen MR) is 69.1 cm³/mol. The van der Waals surface area contributed by atoms with Crippen molar-refractivity contribution >= 4 is 16.0 Å². The summed E-state index contributed by atoms with van der Waals surface area (Å²) in [5, 5.41) is 0. The third-order valence-corrected chi connectivity index (χ3v) is 4.94. The first-order valence-corrected chi connectivity index (χ1v) is 7.33. The maximum absolute atomic E-state index is 12.4. The molecule has 1 saturated heterocycles. The monoisotopic (exact) mass is 284 g/mol. The van der Waals surface area contributed by atoms with Crippen LogP contribution >= 0.6 is 0 Å². The van der Waals surface area contributed by atoms with Crippen molar-refractivity contribution in [2.75, 3.05) is 20.2 Å². The van der Waals surface area contributed by atoms with E-state index in [0.29, 0.717) is 19.5 Å². The highest BCUT2D eigenvalue weighted by molar-refractivity contribution is 7.89. The number of carbonyl (C=O) groups excluding carboxylic acids is 1. The van der Waals surface area contributed by atoms with Gasteiger partial charge in [0.05, 0.1) is 17.6 Å². The van der Waals surface area contributed by atoms with Gasteiger partial charge in [-0.15, -0.1) is 0 Å². The van der Waals surface area contributed by atoms with Gasteiger partial charge in [-0.3, -0.25) is 0 Å². The molecule has 1 heterocycles. The molecule has 0 aliphatic carbocycles. The Balaban J connectivity index is 2.33. The molecule has 1 aromatic rings. The van der Waals surface area contributed by atoms with Crippen LogP contribution in [-0.4, -0.2) is 44.9 Å². The first-order chi connectivity index (χ1) is 8.95. The number of nitrogens with two attached hydrogens (primary N) is 1. The van der Waals surface area contributed by atoms with Crippen LogP contribution in [0, 0.1) is 0 Å². The highest BCUT2D eigenvalue weighted by atomic mass is 32.2. The summed E-state index contributed by atoms with van der Waals surface area (Å²) in [5.41, 5.74) is 5.93. The molecule has 6 nitrogen and oxygen atoms in total. The van der Waals surface area contributed by atoms with Crippen LogP contribution in [0.4, 0.5) is 0 Å². The van der Waals surface area contributed by atoms with Gasteiger partial charge in [0.25, 0.3) is 0 Å². The molecule has 0 aromatic heterocycles. The van der Waals surface area contributed by atoms with Gasteiger partial charge in [0.1, 0.15) is 0 Å². The number of esters is 1. The number of benzene rings is 1. The van der Waals surface area contributed by atoms with E-state index >= 15 is 0 Å². The van der Waals surface area contributed by atoms with Gasteiger partial charge in [0.15, 0.2) is 0 Å². The third kappa shape index (κ3) is 2.78. The molecule has 0 spiro atoms. The fourth-order valence-corrected chi connectivity index (χ4v) is 3.58. The Labute approximate surface area is 112 Å². The van der Waals surface area contributed by atoms with Crippen molar-refractivity contribution in [3.05, 3.63) is 29.8 Å². The van der Waals surface area contributed by atoms with Crippen LogP contribution in [0.2, 0.25) is 0 Å². The lowest BCUT2D eigenvalue weighted by molar-refractivity contribution is 0.0600. The van der Waals surface area contributed by atoms with Gasteiger partial charge in [0.2, 0.25) is 10.0 Å². The van der Waals surface area contributed by atoms with E-state index in [1.54, 1.807) is 0 Å². The smallest absolute Gasteiger partial charge is 0.337 e. The highest BCUT2D eigenvalue weighted by Gasteiger charge is 2.31. The summed E-state index contributed by atoms with van der Waals surface area (Å²) >= 11 is 0. The first kappa shape index (κ1) is 14.0. The summed E-state index contributed by atoms with van der Waals surface area (Å²) in [6, 6.07) is 5.70. The van der Waals surface area contributed by atoms with Crippen LogP contribution in [0.5, 0.6) is 0 Å². The fourth-order valence-electron chi connectivity index (χ4n) is 2.02. The maximum Gasteiger partial charge on any atom is 0.337 e. The molecule has 1 aromatic carbocycles. The Morgan fingerprint density at radius 3 is 2.79 bits per heavy atom. The van der Waals surface area contributed by atoms with Crippen LogP contribution in [0.25, 0.3) is 0 Å². The number of ether oxygens (including phenoxy) is 1. The quantitative estimate of drug-likeness (QED) is 0.801. The second kappa shape index (κ2) is 5.28. The lowest BCUT2D eigenvalue weighted by Crippen LogP contribution is -2.32. The molecular weight excluding hydrogens is 268 g/mol. The molecule has 1 aliphatic rings. The van der Waals surface area contributed by atoms with E-state index in [9.17, 15) is 13.2 Å². The van der Waals surface area contributed by atoms with Crippen LogP contribution in [0.15, 0.2) is 29.2 Å². The van der Waals surface area contributed by atoms with Gasteiger partial charge in [-0.25, -0.2) is 13.2 Å². The van der Waals surface area contributed by atoms with Gasteiger partial charge in [0, 0.05) is 19.1 Å². The van der Waals surface area contributed by atoms with Gasteiger partial charge in [-0.1, -0.05) is 6.07 Å². The van der Waals surface area contributed by atoms with E-state index in [2.05, 4.69) is 4.74 Å². The number of hydrogen-bond acceptors (Lipinski definition) is 5. The second-order valence-electron chi connectivity index (χ2n) is 4.43. The van der Waals surface area contributed by atoms with Crippen molar-refractivity contribution in [2.24, 2.45) is 5.73 Å². The van der Waals surface area contributed by atoms with Gasteiger partial charge in [-0.05, 0) is 24.6 Å². The average Bonchev–Trinajstić information content (AvgIpc) is 2.85. The number of sulfonamides is 1. The van der Waals surface area contributed by atoms with Crippen LogP contribution in [0.1, 0.15) is 16.8 Å². The maximum atomic E-state index is 12.4. The molecule has 19 heavy (non-hydrogen) atoms. The van der Waals surface area contributed by atoms with Crippen LogP contribution in [-0.2, 0) is 14.8 Å². The molecule has 2 N–H and O–H groups in total. The van der Waals surface area contributed by atoms with E-state index in [1.165, 1.54) is 35.7 Å². The Bertz CT molecular complexity index is 585. The minimum Gasteiger partial charge on any atom is -0.465 e. The molecule has 1 fully saturated rings. The normalized spacial score (nSPS) is 20.4. The third-order valence-electron chi connectivity index (χ3n) is 3.08. The molecule has 2 rings (SSSR count). The van der Waals surface area contributed by atoms with Crippen molar-refractivity contribution in [3.63, 3.8) is 0 Å². The van der Waals surface area contributed by atoms with Crippen molar-refractivity contribution in [2.45, 2.75) is 17.4 Å².